The average molecular weight is 451 g/mol. The lowest BCUT2D eigenvalue weighted by molar-refractivity contribution is -0.124. The molecule has 3 heterocycles. The fraction of sp³-hybridized carbons (Fsp3) is 0.417. The number of hydrogen-bond donors (Lipinski definition) is 3. The number of carbonyl (C=O) groups excluding carboxylic acids is 2. The van der Waals surface area contributed by atoms with E-state index in [-0.39, 0.29) is 17.7 Å². The first-order chi connectivity index (χ1) is 15.7. The predicted octanol–water partition coefficient (Wildman–Crippen LogP) is 2.48. The normalized spacial score (nSPS) is 16.6. The van der Waals surface area contributed by atoms with Gasteiger partial charge in [-0.3, -0.25) is 9.59 Å². The number of aromatic nitrogens is 3. The van der Waals surface area contributed by atoms with Crippen molar-refractivity contribution in [3.8, 4) is 0 Å². The van der Waals surface area contributed by atoms with Gasteiger partial charge in [-0.05, 0) is 51.3 Å². The summed E-state index contributed by atoms with van der Waals surface area (Å²) in [7, 11) is 1.66. The van der Waals surface area contributed by atoms with Crippen molar-refractivity contribution in [2.45, 2.75) is 39.2 Å². The lowest BCUT2D eigenvalue weighted by Crippen LogP contribution is -2.43. The molecule has 1 aliphatic rings. The fourth-order valence-corrected chi connectivity index (χ4v) is 4.18. The zero-order valence-electron chi connectivity index (χ0n) is 19.4. The molecule has 9 nitrogen and oxygen atoms in total. The van der Waals surface area contributed by atoms with Crippen LogP contribution in [0.4, 0.5) is 11.6 Å². The minimum absolute atomic E-state index is 0.0321. The second-order valence-corrected chi connectivity index (χ2v) is 9.05. The maximum absolute atomic E-state index is 12.9. The van der Waals surface area contributed by atoms with Crippen LogP contribution < -0.4 is 15.5 Å². The Labute approximate surface area is 192 Å². The number of carbonyl (C=O) groups is 2. The van der Waals surface area contributed by atoms with E-state index in [1.807, 2.05) is 13.0 Å². The third kappa shape index (κ3) is 4.83. The Morgan fingerprint density at radius 3 is 2.58 bits per heavy atom. The number of amides is 2. The van der Waals surface area contributed by atoms with Gasteiger partial charge in [-0.2, -0.15) is 9.61 Å². The first-order valence-electron chi connectivity index (χ1n) is 11.1. The van der Waals surface area contributed by atoms with Crippen LogP contribution in [0.3, 0.4) is 0 Å². The second kappa shape index (κ2) is 8.82. The average Bonchev–Trinajstić information content (AvgIpc) is 3.17. The molecule has 3 N–H and O–H groups in total. The van der Waals surface area contributed by atoms with E-state index in [1.165, 1.54) is 0 Å². The molecule has 3 aromatic rings. The molecule has 1 fully saturated rings. The SMILES string of the molecule is CNC(=O)C1CCCN(c2cc(NC(=O)c3ccc(C(C)(C)O)cc3)nc3cc(C)nn23)C1. The summed E-state index contributed by atoms with van der Waals surface area (Å²) in [5, 5.41) is 20.3. The highest BCUT2D eigenvalue weighted by atomic mass is 16.3. The molecule has 4 rings (SSSR count). The van der Waals surface area contributed by atoms with Gasteiger partial charge in [-0.1, -0.05) is 12.1 Å². The van der Waals surface area contributed by atoms with Crippen LogP contribution in [0.15, 0.2) is 36.4 Å². The molecular formula is C24H30N6O3. The Morgan fingerprint density at radius 1 is 1.18 bits per heavy atom. The monoisotopic (exact) mass is 450 g/mol. The molecule has 33 heavy (non-hydrogen) atoms. The predicted molar refractivity (Wildman–Crippen MR) is 126 cm³/mol. The number of hydrogen-bond acceptors (Lipinski definition) is 6. The summed E-state index contributed by atoms with van der Waals surface area (Å²) in [6.07, 6.45) is 1.73. The largest absolute Gasteiger partial charge is 0.386 e. The highest BCUT2D eigenvalue weighted by molar-refractivity contribution is 6.04. The maximum Gasteiger partial charge on any atom is 0.256 e. The quantitative estimate of drug-likeness (QED) is 0.551. The van der Waals surface area contributed by atoms with E-state index < -0.39 is 5.60 Å². The van der Waals surface area contributed by atoms with Crippen LogP contribution in [0.25, 0.3) is 5.65 Å². The molecule has 0 bridgehead atoms. The van der Waals surface area contributed by atoms with Gasteiger partial charge in [0.05, 0.1) is 17.2 Å². The number of aliphatic hydroxyl groups is 1. The van der Waals surface area contributed by atoms with Gasteiger partial charge in [0, 0.05) is 37.8 Å². The number of rotatable bonds is 5. The maximum atomic E-state index is 12.9. The highest BCUT2D eigenvalue weighted by Gasteiger charge is 2.27. The fourth-order valence-electron chi connectivity index (χ4n) is 4.18. The van der Waals surface area contributed by atoms with Crippen LogP contribution in [0, 0.1) is 12.8 Å². The van der Waals surface area contributed by atoms with Crippen molar-refractivity contribution < 1.29 is 14.7 Å². The van der Waals surface area contributed by atoms with Gasteiger partial charge >= 0.3 is 0 Å². The topological polar surface area (TPSA) is 112 Å². The van der Waals surface area contributed by atoms with Crippen LogP contribution in [-0.4, -0.2) is 51.7 Å². The molecular weight excluding hydrogens is 420 g/mol. The van der Waals surface area contributed by atoms with Gasteiger partial charge in [-0.15, -0.1) is 0 Å². The number of benzene rings is 1. The molecule has 1 atom stereocenters. The van der Waals surface area contributed by atoms with Crippen LogP contribution in [0.2, 0.25) is 0 Å². The second-order valence-electron chi connectivity index (χ2n) is 9.05. The first kappa shape index (κ1) is 22.7. The number of nitrogens with one attached hydrogen (secondary N) is 2. The third-order valence-corrected chi connectivity index (χ3v) is 5.99. The van der Waals surface area contributed by atoms with Crippen molar-refractivity contribution in [2.24, 2.45) is 5.92 Å². The van der Waals surface area contributed by atoms with Gasteiger partial charge in [0.1, 0.15) is 11.6 Å². The zero-order valence-corrected chi connectivity index (χ0v) is 19.4. The summed E-state index contributed by atoms with van der Waals surface area (Å²) in [5.74, 6) is 0.837. The van der Waals surface area contributed by atoms with E-state index in [0.29, 0.717) is 23.6 Å². The number of nitrogens with zero attached hydrogens (tertiary/aromatic N) is 4. The summed E-state index contributed by atoms with van der Waals surface area (Å²) >= 11 is 0. The third-order valence-electron chi connectivity index (χ3n) is 5.99. The van der Waals surface area contributed by atoms with Crippen molar-refractivity contribution in [2.75, 3.05) is 30.4 Å². The van der Waals surface area contributed by atoms with Crippen molar-refractivity contribution in [1.29, 1.82) is 0 Å². The minimum Gasteiger partial charge on any atom is -0.386 e. The van der Waals surface area contributed by atoms with Crippen molar-refractivity contribution >= 4 is 29.1 Å². The van der Waals surface area contributed by atoms with E-state index in [1.54, 1.807) is 55.7 Å². The van der Waals surface area contributed by atoms with Crippen LogP contribution >= 0.6 is 0 Å². The summed E-state index contributed by atoms with van der Waals surface area (Å²) in [6, 6.07) is 10.5. The Morgan fingerprint density at radius 2 is 1.91 bits per heavy atom. The molecule has 174 valence electrons. The molecule has 2 aromatic heterocycles. The van der Waals surface area contributed by atoms with Crippen molar-refractivity contribution in [3.05, 3.63) is 53.2 Å². The van der Waals surface area contributed by atoms with Gasteiger partial charge in [-0.25, -0.2) is 4.98 Å². The number of anilines is 2. The van der Waals surface area contributed by atoms with Gasteiger partial charge < -0.3 is 20.6 Å². The molecule has 0 aliphatic carbocycles. The number of aryl methyl sites for hydroxylation is 1. The molecule has 9 heteroatoms. The van der Waals surface area contributed by atoms with Crippen LogP contribution in [-0.2, 0) is 10.4 Å². The minimum atomic E-state index is -0.975. The van der Waals surface area contributed by atoms with Gasteiger partial charge in [0.25, 0.3) is 5.91 Å². The Bertz CT molecular complexity index is 1180. The Balaban J connectivity index is 1.62. The smallest absolute Gasteiger partial charge is 0.256 e. The molecule has 1 saturated heterocycles. The van der Waals surface area contributed by atoms with E-state index in [0.717, 1.165) is 36.5 Å². The molecule has 1 aliphatic heterocycles. The first-order valence-corrected chi connectivity index (χ1v) is 11.1. The van der Waals surface area contributed by atoms with Crippen LogP contribution in [0.5, 0.6) is 0 Å². The van der Waals surface area contributed by atoms with Gasteiger partial charge in [0.15, 0.2) is 5.65 Å². The summed E-state index contributed by atoms with van der Waals surface area (Å²) < 4.78 is 1.76. The van der Waals surface area contributed by atoms with Crippen molar-refractivity contribution in [3.63, 3.8) is 0 Å². The van der Waals surface area contributed by atoms with Gasteiger partial charge in [0.2, 0.25) is 5.91 Å². The molecule has 2 amide bonds. The van der Waals surface area contributed by atoms with E-state index in [4.69, 9.17) is 0 Å². The molecule has 0 saturated carbocycles. The molecule has 0 spiro atoms. The summed E-state index contributed by atoms with van der Waals surface area (Å²) in [6.45, 7) is 6.66. The number of fused-ring (bicyclic) bond motifs is 1. The summed E-state index contributed by atoms with van der Waals surface area (Å²) in [4.78, 5) is 31.8. The lowest BCUT2D eigenvalue weighted by Gasteiger charge is -2.33. The number of piperidine rings is 1. The lowest BCUT2D eigenvalue weighted by atomic mass is 9.97. The Hall–Kier alpha value is -3.46. The molecule has 1 unspecified atom stereocenters. The van der Waals surface area contributed by atoms with E-state index in [2.05, 4.69) is 25.6 Å². The van der Waals surface area contributed by atoms with E-state index >= 15 is 0 Å². The Kier molecular flexibility index (Phi) is 6.07. The highest BCUT2D eigenvalue weighted by Crippen LogP contribution is 2.27. The van der Waals surface area contributed by atoms with Crippen molar-refractivity contribution in [1.82, 2.24) is 19.9 Å². The standard InChI is InChI=1S/C24H30N6O3/c1-15-12-20-26-19(27-23(32)16-7-9-18(10-8-16)24(2,3)33)13-21(30(20)28-15)29-11-5-6-17(14-29)22(31)25-4/h7-10,12-13,17,33H,5-6,11,14H2,1-4H3,(H,25,31)(H,26,27,32). The van der Waals surface area contributed by atoms with E-state index in [9.17, 15) is 14.7 Å². The molecule has 0 radical (unpaired) electrons. The van der Waals surface area contributed by atoms with Crippen LogP contribution in [0.1, 0.15) is 48.3 Å². The summed E-state index contributed by atoms with van der Waals surface area (Å²) in [5.41, 5.74) is 1.66. The zero-order chi connectivity index (χ0) is 23.8. The molecule has 1 aromatic carbocycles.